The predicted molar refractivity (Wildman–Crippen MR) is 91.5 cm³/mol. The minimum Gasteiger partial charge on any atom is -0.496 e. The lowest BCUT2D eigenvalue weighted by Crippen LogP contribution is -2.32. The van der Waals surface area contributed by atoms with Crippen molar-refractivity contribution >= 4 is 5.91 Å². The minimum absolute atomic E-state index is 0.187. The molecule has 2 aliphatic heterocycles. The molecule has 3 rings (SSSR count). The van der Waals surface area contributed by atoms with Crippen LogP contribution in [-0.4, -0.2) is 37.6 Å². The number of nitrogens with one attached hydrogen (secondary N) is 1. The number of piperidine rings is 1. The third-order valence-electron chi connectivity index (χ3n) is 5.30. The normalized spacial score (nSPS) is 22.3. The van der Waals surface area contributed by atoms with Gasteiger partial charge in [-0.25, -0.2) is 0 Å². The van der Waals surface area contributed by atoms with E-state index in [-0.39, 0.29) is 6.04 Å². The second-order valence-electron chi connectivity index (χ2n) is 6.72. The van der Waals surface area contributed by atoms with Gasteiger partial charge in [0.05, 0.1) is 13.2 Å². The average Bonchev–Trinajstić information content (AvgIpc) is 3.10. The number of likely N-dealkylation sites (tertiary alicyclic amines) is 1. The maximum atomic E-state index is 12.7. The number of nitrogens with zero attached hydrogens (tertiary/aromatic N) is 1. The van der Waals surface area contributed by atoms with Gasteiger partial charge in [0.1, 0.15) is 5.75 Å². The number of para-hydroxylation sites is 1. The van der Waals surface area contributed by atoms with Crippen LogP contribution in [0, 0.1) is 5.92 Å². The smallest absolute Gasteiger partial charge is 0.223 e. The number of hydrogen-bond acceptors (Lipinski definition) is 3. The molecule has 0 aromatic heterocycles. The third kappa shape index (κ3) is 3.86. The third-order valence-corrected chi connectivity index (χ3v) is 5.30. The molecular formula is C19H28N2O2. The van der Waals surface area contributed by atoms with Gasteiger partial charge in [-0.1, -0.05) is 18.2 Å². The highest BCUT2D eigenvalue weighted by Gasteiger charge is 2.31. The van der Waals surface area contributed by atoms with Crippen molar-refractivity contribution in [3.63, 3.8) is 0 Å². The first-order valence-corrected chi connectivity index (χ1v) is 8.92. The van der Waals surface area contributed by atoms with Crippen molar-refractivity contribution in [3.05, 3.63) is 29.8 Å². The molecular weight excluding hydrogens is 288 g/mol. The van der Waals surface area contributed by atoms with Gasteiger partial charge in [0.15, 0.2) is 0 Å². The molecule has 2 saturated heterocycles. The highest BCUT2D eigenvalue weighted by Crippen LogP contribution is 2.37. The predicted octanol–water partition coefficient (Wildman–Crippen LogP) is 3.14. The lowest BCUT2D eigenvalue weighted by atomic mass is 9.93. The molecule has 126 valence electrons. The summed E-state index contributed by atoms with van der Waals surface area (Å²) < 4.78 is 5.50. The van der Waals surface area contributed by atoms with E-state index in [1.54, 1.807) is 7.11 Å². The quantitative estimate of drug-likeness (QED) is 0.907. The maximum absolute atomic E-state index is 12.7. The van der Waals surface area contributed by atoms with E-state index in [4.69, 9.17) is 4.74 Å². The van der Waals surface area contributed by atoms with E-state index < -0.39 is 0 Å². The first-order chi connectivity index (χ1) is 11.3. The van der Waals surface area contributed by atoms with Gasteiger partial charge in [-0.2, -0.15) is 0 Å². The van der Waals surface area contributed by atoms with Crippen LogP contribution in [0.1, 0.15) is 50.1 Å². The summed E-state index contributed by atoms with van der Waals surface area (Å²) in [4.78, 5) is 14.8. The van der Waals surface area contributed by atoms with Crippen LogP contribution < -0.4 is 10.1 Å². The zero-order valence-electron chi connectivity index (χ0n) is 14.1. The fourth-order valence-electron chi connectivity index (χ4n) is 3.97. The molecule has 1 N–H and O–H groups in total. The lowest BCUT2D eigenvalue weighted by Gasteiger charge is -2.28. The van der Waals surface area contributed by atoms with E-state index in [0.29, 0.717) is 18.2 Å². The SMILES string of the molecule is COc1ccccc1C1CCCN1C(=O)CCC1CCNCC1. The van der Waals surface area contributed by atoms with E-state index in [1.807, 2.05) is 18.2 Å². The van der Waals surface area contributed by atoms with E-state index in [1.165, 1.54) is 12.8 Å². The Morgan fingerprint density at radius 2 is 2.04 bits per heavy atom. The Labute approximate surface area is 139 Å². The number of amides is 1. The molecule has 4 nitrogen and oxygen atoms in total. The summed E-state index contributed by atoms with van der Waals surface area (Å²) in [6.45, 7) is 3.09. The van der Waals surface area contributed by atoms with E-state index in [2.05, 4.69) is 16.3 Å². The second kappa shape index (κ2) is 7.82. The summed E-state index contributed by atoms with van der Waals surface area (Å²) in [6, 6.07) is 8.30. The van der Waals surface area contributed by atoms with Crippen LogP contribution >= 0.6 is 0 Å². The summed E-state index contributed by atoms with van der Waals surface area (Å²) in [5.41, 5.74) is 1.16. The van der Waals surface area contributed by atoms with Crippen molar-refractivity contribution in [2.24, 2.45) is 5.92 Å². The van der Waals surface area contributed by atoms with Gasteiger partial charge in [-0.3, -0.25) is 4.79 Å². The van der Waals surface area contributed by atoms with Crippen molar-refractivity contribution < 1.29 is 9.53 Å². The highest BCUT2D eigenvalue weighted by molar-refractivity contribution is 5.77. The molecule has 1 unspecified atom stereocenters. The molecule has 4 heteroatoms. The highest BCUT2D eigenvalue weighted by atomic mass is 16.5. The lowest BCUT2D eigenvalue weighted by molar-refractivity contribution is -0.132. The van der Waals surface area contributed by atoms with Gasteiger partial charge in [0.2, 0.25) is 5.91 Å². The van der Waals surface area contributed by atoms with Crippen molar-refractivity contribution in [3.8, 4) is 5.75 Å². The van der Waals surface area contributed by atoms with Crippen LogP contribution in [0.25, 0.3) is 0 Å². The van der Waals surface area contributed by atoms with E-state index >= 15 is 0 Å². The number of benzene rings is 1. The zero-order chi connectivity index (χ0) is 16.1. The van der Waals surface area contributed by atoms with Gasteiger partial charge >= 0.3 is 0 Å². The topological polar surface area (TPSA) is 41.6 Å². The van der Waals surface area contributed by atoms with Gasteiger partial charge in [-0.15, -0.1) is 0 Å². The van der Waals surface area contributed by atoms with E-state index in [9.17, 15) is 4.79 Å². The molecule has 0 radical (unpaired) electrons. The van der Waals surface area contributed by atoms with Crippen LogP contribution in [0.15, 0.2) is 24.3 Å². The molecule has 2 fully saturated rings. The number of rotatable bonds is 5. The largest absolute Gasteiger partial charge is 0.496 e. The Morgan fingerprint density at radius 3 is 2.83 bits per heavy atom. The molecule has 2 aliphatic rings. The minimum atomic E-state index is 0.187. The van der Waals surface area contributed by atoms with E-state index in [0.717, 1.165) is 50.2 Å². The molecule has 1 amide bonds. The number of carbonyl (C=O) groups is 1. The number of ether oxygens (including phenoxy) is 1. The molecule has 1 atom stereocenters. The Kier molecular flexibility index (Phi) is 5.55. The maximum Gasteiger partial charge on any atom is 0.223 e. The molecule has 1 aromatic rings. The van der Waals surface area contributed by atoms with Gasteiger partial charge < -0.3 is 15.0 Å². The molecule has 0 saturated carbocycles. The molecule has 2 heterocycles. The molecule has 23 heavy (non-hydrogen) atoms. The van der Waals surface area contributed by atoms with Crippen LogP contribution in [0.2, 0.25) is 0 Å². The molecule has 0 bridgehead atoms. The van der Waals surface area contributed by atoms with Crippen molar-refractivity contribution in [1.82, 2.24) is 10.2 Å². The Bertz CT molecular complexity index is 526. The average molecular weight is 316 g/mol. The van der Waals surface area contributed by atoms with Crippen LogP contribution in [0.5, 0.6) is 5.75 Å². The van der Waals surface area contributed by atoms with Crippen molar-refractivity contribution in [2.75, 3.05) is 26.7 Å². The Morgan fingerprint density at radius 1 is 1.26 bits per heavy atom. The van der Waals surface area contributed by atoms with Gasteiger partial charge in [0.25, 0.3) is 0 Å². The van der Waals surface area contributed by atoms with Crippen LogP contribution in [0.3, 0.4) is 0 Å². The monoisotopic (exact) mass is 316 g/mol. The van der Waals surface area contributed by atoms with Crippen molar-refractivity contribution in [1.29, 1.82) is 0 Å². The number of carbonyl (C=O) groups excluding carboxylic acids is 1. The second-order valence-corrected chi connectivity index (χ2v) is 6.72. The zero-order valence-corrected chi connectivity index (χ0v) is 14.1. The molecule has 1 aromatic carbocycles. The standard InChI is InChI=1S/C19H28N2O2/c1-23-18-7-3-2-5-16(18)17-6-4-14-21(17)19(22)9-8-15-10-12-20-13-11-15/h2-3,5,7,15,17,20H,4,6,8-14H2,1H3. The number of methoxy groups -OCH3 is 1. The summed E-state index contributed by atoms with van der Waals surface area (Å²) in [7, 11) is 1.71. The van der Waals surface area contributed by atoms with Crippen molar-refractivity contribution in [2.45, 2.75) is 44.6 Å². The summed E-state index contributed by atoms with van der Waals surface area (Å²) in [5, 5.41) is 3.39. The Hall–Kier alpha value is -1.55. The van der Waals surface area contributed by atoms with Gasteiger partial charge in [0, 0.05) is 18.5 Å². The fourth-order valence-corrected chi connectivity index (χ4v) is 3.97. The first kappa shape index (κ1) is 16.3. The Balaban J connectivity index is 1.62. The van der Waals surface area contributed by atoms with Gasteiger partial charge in [-0.05, 0) is 57.2 Å². The first-order valence-electron chi connectivity index (χ1n) is 8.92. The summed E-state index contributed by atoms with van der Waals surface area (Å²) >= 11 is 0. The molecule has 0 spiro atoms. The van der Waals surface area contributed by atoms with Crippen LogP contribution in [0.4, 0.5) is 0 Å². The van der Waals surface area contributed by atoms with Crippen LogP contribution in [-0.2, 0) is 4.79 Å². The summed E-state index contributed by atoms with van der Waals surface area (Å²) in [5.74, 6) is 1.93. The number of hydrogen-bond donors (Lipinski definition) is 1. The fraction of sp³-hybridized carbons (Fsp3) is 0.632. The summed E-state index contributed by atoms with van der Waals surface area (Å²) in [6.07, 6.45) is 6.28. The molecule has 0 aliphatic carbocycles.